The van der Waals surface area contributed by atoms with Crippen LogP contribution < -0.4 is 4.74 Å². The fourth-order valence-electron chi connectivity index (χ4n) is 3.19. The third-order valence-corrected chi connectivity index (χ3v) is 4.66. The molecule has 2 heteroatoms. The van der Waals surface area contributed by atoms with Gasteiger partial charge in [0.1, 0.15) is 17.3 Å². The van der Waals surface area contributed by atoms with Crippen molar-refractivity contribution in [1.29, 1.82) is 0 Å². The molecule has 0 unspecified atom stereocenters. The number of fused-ring (bicyclic) bond motifs is 2. The van der Waals surface area contributed by atoms with E-state index in [9.17, 15) is 0 Å². The first-order valence-electron chi connectivity index (χ1n) is 8.29. The van der Waals surface area contributed by atoms with Gasteiger partial charge in [-0.05, 0) is 43.7 Å². The van der Waals surface area contributed by atoms with Gasteiger partial charge >= 0.3 is 0 Å². The Hall–Kier alpha value is -2.48. The number of hydrogen-bond donors (Lipinski definition) is 0. The average Bonchev–Trinajstić information content (AvgIpc) is 2.54. The summed E-state index contributed by atoms with van der Waals surface area (Å²) in [6.07, 6.45) is 0. The second kappa shape index (κ2) is 5.86. The molecule has 0 amide bonds. The predicted molar refractivity (Wildman–Crippen MR) is 100 cm³/mol. The highest BCUT2D eigenvalue weighted by Crippen LogP contribution is 2.48. The lowest BCUT2D eigenvalue weighted by Crippen LogP contribution is -2.24. The quantitative estimate of drug-likeness (QED) is 0.628. The summed E-state index contributed by atoms with van der Waals surface area (Å²) in [6.45, 7) is 17.1. The molecule has 2 aromatic carbocycles. The lowest BCUT2D eigenvalue weighted by molar-refractivity contribution is 0.299. The molecule has 0 saturated heterocycles. The van der Waals surface area contributed by atoms with Crippen LogP contribution in [-0.2, 0) is 10.2 Å². The Kier molecular flexibility index (Phi) is 4.00. The lowest BCUT2D eigenvalue weighted by atomic mass is 9.75. The van der Waals surface area contributed by atoms with Gasteiger partial charge in [-0.3, -0.25) is 0 Å². The van der Waals surface area contributed by atoms with E-state index in [2.05, 4.69) is 51.3 Å². The van der Waals surface area contributed by atoms with E-state index in [1.165, 1.54) is 5.56 Å². The Morgan fingerprint density at radius 3 is 2.38 bits per heavy atom. The highest BCUT2D eigenvalue weighted by Gasteiger charge is 2.34. The van der Waals surface area contributed by atoms with Crippen LogP contribution in [0.3, 0.4) is 0 Å². The molecule has 0 atom stereocenters. The van der Waals surface area contributed by atoms with Crippen molar-refractivity contribution in [2.75, 3.05) is 6.61 Å². The maximum absolute atomic E-state index is 6.19. The van der Waals surface area contributed by atoms with Gasteiger partial charge in [0.25, 0.3) is 0 Å². The molecular formula is C22H24O2. The number of hydrogen-bond acceptors (Lipinski definition) is 2. The zero-order chi connectivity index (χ0) is 17.5. The summed E-state index contributed by atoms with van der Waals surface area (Å²) < 4.78 is 11.7. The summed E-state index contributed by atoms with van der Waals surface area (Å²) in [5, 5.41) is 0. The second-order valence-corrected chi connectivity index (χ2v) is 6.79. The van der Waals surface area contributed by atoms with Gasteiger partial charge in [-0.1, -0.05) is 44.7 Å². The fraction of sp³-hybridized carbons (Fsp3) is 0.273. The van der Waals surface area contributed by atoms with Crippen molar-refractivity contribution >= 4 is 11.3 Å². The minimum atomic E-state index is -0.154. The molecule has 0 saturated carbocycles. The first-order valence-corrected chi connectivity index (χ1v) is 8.29. The van der Waals surface area contributed by atoms with E-state index < -0.39 is 0 Å². The van der Waals surface area contributed by atoms with Crippen LogP contribution in [0.2, 0.25) is 0 Å². The second-order valence-electron chi connectivity index (χ2n) is 6.79. The zero-order valence-electron chi connectivity index (χ0n) is 14.9. The molecule has 0 fully saturated rings. The smallest absolute Gasteiger partial charge is 0.132 e. The van der Waals surface area contributed by atoms with Gasteiger partial charge in [-0.15, -0.1) is 0 Å². The van der Waals surface area contributed by atoms with Crippen LogP contribution in [0.4, 0.5) is 0 Å². The molecule has 1 aliphatic rings. The van der Waals surface area contributed by atoms with Crippen molar-refractivity contribution in [2.45, 2.75) is 33.1 Å². The van der Waals surface area contributed by atoms with Crippen molar-refractivity contribution in [2.24, 2.45) is 0 Å². The van der Waals surface area contributed by atoms with E-state index >= 15 is 0 Å². The lowest BCUT2D eigenvalue weighted by Gasteiger charge is -2.35. The van der Waals surface area contributed by atoms with Gasteiger partial charge in [-0.2, -0.15) is 0 Å². The number of ether oxygens (including phenoxy) is 2. The van der Waals surface area contributed by atoms with Crippen LogP contribution in [0.1, 0.15) is 49.9 Å². The molecule has 0 aromatic heterocycles. The highest BCUT2D eigenvalue weighted by molar-refractivity contribution is 5.68. The molecular weight excluding hydrogens is 296 g/mol. The van der Waals surface area contributed by atoms with Crippen molar-refractivity contribution in [3.63, 3.8) is 0 Å². The van der Waals surface area contributed by atoms with Crippen molar-refractivity contribution in [3.8, 4) is 11.5 Å². The maximum atomic E-state index is 6.19. The van der Waals surface area contributed by atoms with E-state index in [1.54, 1.807) is 0 Å². The summed E-state index contributed by atoms with van der Waals surface area (Å²) in [5.74, 6) is 2.49. The monoisotopic (exact) mass is 320 g/mol. The van der Waals surface area contributed by atoms with Crippen LogP contribution in [0.15, 0.2) is 49.6 Å². The van der Waals surface area contributed by atoms with E-state index in [-0.39, 0.29) is 5.41 Å². The van der Waals surface area contributed by atoms with Gasteiger partial charge < -0.3 is 9.47 Å². The molecule has 1 heterocycles. The molecule has 24 heavy (non-hydrogen) atoms. The summed E-state index contributed by atoms with van der Waals surface area (Å²) in [4.78, 5) is 0. The van der Waals surface area contributed by atoms with Gasteiger partial charge in [0.05, 0.1) is 6.61 Å². The summed E-state index contributed by atoms with van der Waals surface area (Å²) in [7, 11) is 0. The fourth-order valence-corrected chi connectivity index (χ4v) is 3.19. The van der Waals surface area contributed by atoms with E-state index in [4.69, 9.17) is 9.47 Å². The molecule has 3 rings (SSSR count). The van der Waals surface area contributed by atoms with Gasteiger partial charge in [-0.25, -0.2) is 0 Å². The maximum Gasteiger partial charge on any atom is 0.132 e. The van der Waals surface area contributed by atoms with Gasteiger partial charge in [0.2, 0.25) is 0 Å². The molecule has 0 bridgehead atoms. The van der Waals surface area contributed by atoms with E-state index in [1.807, 2.05) is 26.0 Å². The standard InChI is InChI=1S/C22H24O2/c1-7-23-15(4)17-9-11-20-19(12-17)22(5,6)18-10-8-16(14(2)3)13-21(18)24-20/h8-13H,2,4,7H2,1,3,5-6H3. The summed E-state index contributed by atoms with van der Waals surface area (Å²) in [6, 6.07) is 12.5. The molecule has 2 nitrogen and oxygen atoms in total. The van der Waals surface area contributed by atoms with Crippen LogP contribution in [-0.4, -0.2) is 6.61 Å². The van der Waals surface area contributed by atoms with Crippen molar-refractivity contribution < 1.29 is 9.47 Å². The molecule has 0 aliphatic carbocycles. The third kappa shape index (κ3) is 2.62. The Morgan fingerprint density at radius 2 is 1.71 bits per heavy atom. The molecule has 0 radical (unpaired) electrons. The SMILES string of the molecule is C=C(C)c1ccc2c(c1)Oc1ccc(C(=C)OCC)cc1C2(C)C. The predicted octanol–water partition coefficient (Wildman–Crippen LogP) is 6.16. The number of benzene rings is 2. The first-order chi connectivity index (χ1) is 11.3. The third-order valence-electron chi connectivity index (χ3n) is 4.66. The Morgan fingerprint density at radius 1 is 1.00 bits per heavy atom. The topological polar surface area (TPSA) is 18.5 Å². The highest BCUT2D eigenvalue weighted by atomic mass is 16.5. The molecule has 2 aromatic rings. The van der Waals surface area contributed by atoms with E-state index in [0.29, 0.717) is 12.4 Å². The summed E-state index contributed by atoms with van der Waals surface area (Å²) in [5.41, 5.74) is 5.31. The van der Waals surface area contributed by atoms with Crippen molar-refractivity contribution in [1.82, 2.24) is 0 Å². The molecule has 1 aliphatic heterocycles. The average molecular weight is 320 g/mol. The van der Waals surface area contributed by atoms with Crippen LogP contribution >= 0.6 is 0 Å². The van der Waals surface area contributed by atoms with Crippen molar-refractivity contribution in [3.05, 3.63) is 71.8 Å². The van der Waals surface area contributed by atoms with Crippen LogP contribution in [0, 0.1) is 0 Å². The Labute approximate surface area is 144 Å². The zero-order valence-corrected chi connectivity index (χ0v) is 14.9. The van der Waals surface area contributed by atoms with Gasteiger partial charge in [0.15, 0.2) is 0 Å². The molecule has 0 N–H and O–H groups in total. The number of rotatable bonds is 4. The first kappa shape index (κ1) is 16.4. The summed E-state index contributed by atoms with van der Waals surface area (Å²) >= 11 is 0. The van der Waals surface area contributed by atoms with Crippen LogP contribution in [0.5, 0.6) is 11.5 Å². The Balaban J connectivity index is 2.09. The minimum Gasteiger partial charge on any atom is -0.494 e. The van der Waals surface area contributed by atoms with E-state index in [0.717, 1.165) is 33.8 Å². The minimum absolute atomic E-state index is 0.154. The molecule has 0 spiro atoms. The van der Waals surface area contributed by atoms with Crippen LogP contribution in [0.25, 0.3) is 11.3 Å². The number of allylic oxidation sites excluding steroid dienone is 1. The molecule has 124 valence electrons. The Bertz CT molecular complexity index is 828. The normalized spacial score (nSPS) is 14.2. The largest absolute Gasteiger partial charge is 0.494 e. The van der Waals surface area contributed by atoms with Gasteiger partial charge in [0, 0.05) is 22.1 Å².